The van der Waals surface area contributed by atoms with Gasteiger partial charge in [0.25, 0.3) is 0 Å². The van der Waals surface area contributed by atoms with Gasteiger partial charge in [0.05, 0.1) is 17.8 Å². The first-order valence-corrected chi connectivity index (χ1v) is 8.76. The molecule has 2 aromatic carbocycles. The first-order chi connectivity index (χ1) is 13.3. The van der Waals surface area contributed by atoms with E-state index >= 15 is 0 Å². The molecule has 1 aromatic heterocycles. The summed E-state index contributed by atoms with van der Waals surface area (Å²) < 4.78 is 16.8. The average Bonchev–Trinajstić information content (AvgIpc) is 2.72. The molecule has 0 aliphatic heterocycles. The van der Waals surface area contributed by atoms with Crippen molar-refractivity contribution in [3.8, 4) is 17.2 Å². The molecular weight excluding hydrogens is 364 g/mol. The summed E-state index contributed by atoms with van der Waals surface area (Å²) in [4.78, 5) is 8.06. The van der Waals surface area contributed by atoms with Gasteiger partial charge in [0, 0.05) is 6.20 Å². The molecule has 0 bridgehead atoms. The van der Waals surface area contributed by atoms with Crippen molar-refractivity contribution in [1.82, 2.24) is 9.97 Å². The second kappa shape index (κ2) is 9.59. The van der Waals surface area contributed by atoms with Crippen molar-refractivity contribution in [3.63, 3.8) is 0 Å². The molecule has 0 N–H and O–H groups in total. The van der Waals surface area contributed by atoms with Crippen LogP contribution in [0.1, 0.15) is 11.3 Å². The zero-order valence-electron chi connectivity index (χ0n) is 14.8. The van der Waals surface area contributed by atoms with Gasteiger partial charge < -0.3 is 14.2 Å². The van der Waals surface area contributed by atoms with Crippen molar-refractivity contribution in [2.75, 3.05) is 20.3 Å². The van der Waals surface area contributed by atoms with Crippen molar-refractivity contribution >= 4 is 23.8 Å². The number of ether oxygens (including phenoxy) is 3. The zero-order valence-corrected chi connectivity index (χ0v) is 15.6. The fourth-order valence-electron chi connectivity index (χ4n) is 2.35. The third kappa shape index (κ3) is 5.46. The number of halogens is 1. The molecular formula is C21H19ClN2O3. The van der Waals surface area contributed by atoms with E-state index in [4.69, 9.17) is 25.8 Å². The van der Waals surface area contributed by atoms with Gasteiger partial charge in [0.1, 0.15) is 25.3 Å². The Morgan fingerprint density at radius 2 is 1.74 bits per heavy atom. The summed E-state index contributed by atoms with van der Waals surface area (Å²) in [5.74, 6) is 1.94. The summed E-state index contributed by atoms with van der Waals surface area (Å²) in [5, 5.41) is 0.579. The maximum Gasteiger partial charge on any atom is 0.161 e. The lowest BCUT2D eigenvalue weighted by atomic mass is 10.1. The van der Waals surface area contributed by atoms with E-state index in [9.17, 15) is 0 Å². The highest BCUT2D eigenvalue weighted by atomic mass is 35.5. The molecule has 6 heteroatoms. The molecule has 0 atom stereocenters. The molecule has 0 saturated carbocycles. The normalized spacial score (nSPS) is 10.7. The van der Waals surface area contributed by atoms with E-state index in [2.05, 4.69) is 9.97 Å². The van der Waals surface area contributed by atoms with E-state index in [1.807, 2.05) is 54.6 Å². The Hall–Kier alpha value is -3.05. The maximum absolute atomic E-state index is 6.06. The molecule has 138 valence electrons. The lowest BCUT2D eigenvalue weighted by molar-refractivity contribution is 0.211. The Bertz CT molecular complexity index is 901. The fraction of sp³-hybridized carbons (Fsp3) is 0.143. The molecule has 27 heavy (non-hydrogen) atoms. The standard InChI is InChI=1S/C21H19ClN2O3/c1-25-21-14-16(6-8-17-10-11-23-15-24-17)7-9-20(21)27-13-12-26-19-5-3-2-4-18(19)22/h2-11,14-15H,12-13H2,1H3/b8-6+. The Balaban J connectivity index is 1.57. The van der Waals surface area contributed by atoms with Gasteiger partial charge in [-0.05, 0) is 42.0 Å². The van der Waals surface area contributed by atoms with Crippen molar-refractivity contribution in [2.24, 2.45) is 0 Å². The van der Waals surface area contributed by atoms with E-state index < -0.39 is 0 Å². The number of hydrogen-bond donors (Lipinski definition) is 0. The molecule has 1 heterocycles. The highest BCUT2D eigenvalue weighted by Crippen LogP contribution is 2.29. The Morgan fingerprint density at radius 1 is 0.926 bits per heavy atom. The van der Waals surface area contributed by atoms with Crippen LogP contribution in [0.2, 0.25) is 5.02 Å². The molecule has 0 unspecified atom stereocenters. The minimum Gasteiger partial charge on any atom is -0.493 e. The summed E-state index contributed by atoms with van der Waals surface area (Å²) in [6, 6.07) is 14.9. The second-order valence-corrected chi connectivity index (χ2v) is 5.91. The highest BCUT2D eigenvalue weighted by molar-refractivity contribution is 6.32. The fourth-order valence-corrected chi connectivity index (χ4v) is 2.54. The molecule has 0 amide bonds. The smallest absolute Gasteiger partial charge is 0.161 e. The maximum atomic E-state index is 6.06. The second-order valence-electron chi connectivity index (χ2n) is 5.51. The van der Waals surface area contributed by atoms with Crippen molar-refractivity contribution in [1.29, 1.82) is 0 Å². The van der Waals surface area contributed by atoms with Crippen molar-refractivity contribution < 1.29 is 14.2 Å². The quantitative estimate of drug-likeness (QED) is 0.525. The van der Waals surface area contributed by atoms with E-state index in [1.54, 1.807) is 19.4 Å². The minimum absolute atomic E-state index is 0.373. The van der Waals surface area contributed by atoms with Crippen LogP contribution in [-0.2, 0) is 0 Å². The highest BCUT2D eigenvalue weighted by Gasteiger charge is 2.06. The van der Waals surface area contributed by atoms with E-state index in [-0.39, 0.29) is 0 Å². The van der Waals surface area contributed by atoms with Gasteiger partial charge in [-0.1, -0.05) is 35.9 Å². The summed E-state index contributed by atoms with van der Waals surface area (Å²) >= 11 is 6.06. The number of rotatable bonds is 8. The van der Waals surface area contributed by atoms with Gasteiger partial charge in [-0.25, -0.2) is 9.97 Å². The number of aromatic nitrogens is 2. The van der Waals surface area contributed by atoms with E-state index in [0.29, 0.717) is 35.5 Å². The molecule has 5 nitrogen and oxygen atoms in total. The van der Waals surface area contributed by atoms with Crippen LogP contribution in [0.25, 0.3) is 12.2 Å². The Morgan fingerprint density at radius 3 is 2.48 bits per heavy atom. The molecule has 0 saturated heterocycles. The lowest BCUT2D eigenvalue weighted by Crippen LogP contribution is -2.09. The van der Waals surface area contributed by atoms with Crippen LogP contribution in [-0.4, -0.2) is 30.3 Å². The number of hydrogen-bond acceptors (Lipinski definition) is 5. The monoisotopic (exact) mass is 382 g/mol. The van der Waals surface area contributed by atoms with Gasteiger partial charge >= 0.3 is 0 Å². The molecule has 0 spiro atoms. The third-order valence-electron chi connectivity index (χ3n) is 3.67. The van der Waals surface area contributed by atoms with Gasteiger partial charge in [0.15, 0.2) is 11.5 Å². The summed E-state index contributed by atoms with van der Waals surface area (Å²) in [7, 11) is 1.61. The first kappa shape index (κ1) is 18.7. The van der Waals surface area contributed by atoms with Crippen LogP contribution in [0.3, 0.4) is 0 Å². The lowest BCUT2D eigenvalue weighted by Gasteiger charge is -2.12. The molecule has 0 radical (unpaired) electrons. The van der Waals surface area contributed by atoms with E-state index in [0.717, 1.165) is 11.3 Å². The van der Waals surface area contributed by atoms with Crippen LogP contribution < -0.4 is 14.2 Å². The van der Waals surface area contributed by atoms with Crippen LogP contribution in [0.5, 0.6) is 17.2 Å². The van der Waals surface area contributed by atoms with Crippen LogP contribution in [0.15, 0.2) is 61.1 Å². The van der Waals surface area contributed by atoms with Gasteiger partial charge in [-0.15, -0.1) is 0 Å². The average molecular weight is 383 g/mol. The predicted octanol–water partition coefficient (Wildman–Crippen LogP) is 4.77. The van der Waals surface area contributed by atoms with Gasteiger partial charge in [-0.3, -0.25) is 0 Å². The predicted molar refractivity (Wildman–Crippen MR) is 106 cm³/mol. The molecule has 0 aliphatic rings. The number of benzene rings is 2. The van der Waals surface area contributed by atoms with Crippen LogP contribution in [0.4, 0.5) is 0 Å². The zero-order chi connectivity index (χ0) is 18.9. The van der Waals surface area contributed by atoms with Gasteiger partial charge in [0.2, 0.25) is 0 Å². The third-order valence-corrected chi connectivity index (χ3v) is 3.99. The number of para-hydroxylation sites is 1. The van der Waals surface area contributed by atoms with Crippen molar-refractivity contribution in [3.05, 3.63) is 77.3 Å². The molecule has 3 aromatic rings. The number of nitrogens with zero attached hydrogens (tertiary/aromatic N) is 2. The Kier molecular flexibility index (Phi) is 6.66. The van der Waals surface area contributed by atoms with Crippen molar-refractivity contribution in [2.45, 2.75) is 0 Å². The van der Waals surface area contributed by atoms with Crippen LogP contribution >= 0.6 is 11.6 Å². The first-order valence-electron chi connectivity index (χ1n) is 8.38. The number of methoxy groups -OCH3 is 1. The molecule has 0 aliphatic carbocycles. The SMILES string of the molecule is COc1cc(/C=C/c2ccncn2)ccc1OCCOc1ccccc1Cl. The summed E-state index contributed by atoms with van der Waals surface area (Å²) in [6.45, 7) is 0.750. The largest absolute Gasteiger partial charge is 0.493 e. The Labute approximate surface area is 163 Å². The van der Waals surface area contributed by atoms with Gasteiger partial charge in [-0.2, -0.15) is 0 Å². The minimum atomic E-state index is 0.373. The molecule has 0 fully saturated rings. The van der Waals surface area contributed by atoms with Crippen LogP contribution in [0, 0.1) is 0 Å². The topological polar surface area (TPSA) is 53.5 Å². The molecule has 3 rings (SSSR count). The summed E-state index contributed by atoms with van der Waals surface area (Å²) in [5.41, 5.74) is 1.81. The summed E-state index contributed by atoms with van der Waals surface area (Å²) in [6.07, 6.45) is 7.08. The van der Waals surface area contributed by atoms with E-state index in [1.165, 1.54) is 6.33 Å².